The molecule has 400 valence electrons. The lowest BCUT2D eigenvalue weighted by molar-refractivity contribution is -0.151. The lowest BCUT2D eigenvalue weighted by atomic mass is 9.84. The Kier molecular flexibility index (Phi) is 19.1. The number of anilines is 1. The highest BCUT2D eigenvalue weighted by molar-refractivity contribution is 7.22. The molecule has 3 aromatic rings. The number of aromatic nitrogens is 1. The highest BCUT2D eigenvalue weighted by atomic mass is 32.1. The zero-order chi connectivity index (χ0) is 52.7. The van der Waals surface area contributed by atoms with Crippen LogP contribution >= 0.6 is 11.3 Å². The van der Waals surface area contributed by atoms with Crippen molar-refractivity contribution in [2.24, 2.45) is 22.4 Å². The van der Waals surface area contributed by atoms with Crippen LogP contribution in [0.15, 0.2) is 71.9 Å². The van der Waals surface area contributed by atoms with Crippen molar-refractivity contribution in [1.82, 2.24) is 14.8 Å². The lowest BCUT2D eigenvalue weighted by Gasteiger charge is -2.40. The van der Waals surface area contributed by atoms with E-state index in [2.05, 4.69) is 6.92 Å². The molecule has 1 saturated heterocycles. The SMILES string of the molecule is CCC1(COCCCN(/N=C/c2cc(C(=O)OC3CCC(C(=O)OCCCCN4C(=O)C=CC4=O)CC3)ccc2C(=O)OC2CCC(C(=O)OCCCCN3C(=O)C=CC3=O)CC2)c2nc3ccccc3s2)COC1. The summed E-state index contributed by atoms with van der Waals surface area (Å²) < 4.78 is 35.6. The van der Waals surface area contributed by atoms with Crippen LogP contribution in [0.25, 0.3) is 10.2 Å². The number of thiazole rings is 1. The van der Waals surface area contributed by atoms with Gasteiger partial charge in [-0.3, -0.25) is 38.6 Å². The first-order valence-corrected chi connectivity index (χ1v) is 27.0. The van der Waals surface area contributed by atoms with Crippen LogP contribution < -0.4 is 5.01 Å². The van der Waals surface area contributed by atoms with Crippen LogP contribution in [0.4, 0.5) is 5.13 Å². The van der Waals surface area contributed by atoms with Gasteiger partial charge < -0.3 is 28.4 Å². The number of fused-ring (bicyclic) bond motifs is 1. The molecule has 0 bridgehead atoms. The summed E-state index contributed by atoms with van der Waals surface area (Å²) in [6.07, 6.45) is 12.8. The maximum Gasteiger partial charge on any atom is 0.339 e. The van der Waals surface area contributed by atoms with E-state index in [4.69, 9.17) is 38.5 Å². The number of hydrogen-bond donors (Lipinski definition) is 0. The number of carbonyl (C=O) groups is 8. The monoisotopic (exact) mass is 1050 g/mol. The first-order chi connectivity index (χ1) is 36.4. The van der Waals surface area contributed by atoms with E-state index in [1.807, 2.05) is 24.3 Å². The second kappa shape index (κ2) is 26.2. The first kappa shape index (κ1) is 54.6. The minimum absolute atomic E-state index is 0.0458. The van der Waals surface area contributed by atoms with Crippen LogP contribution in [0.1, 0.15) is 123 Å². The largest absolute Gasteiger partial charge is 0.465 e. The van der Waals surface area contributed by atoms with Gasteiger partial charge in [-0.25, -0.2) is 19.6 Å². The van der Waals surface area contributed by atoms with Gasteiger partial charge in [-0.15, -0.1) is 0 Å². The van der Waals surface area contributed by atoms with E-state index < -0.39 is 24.1 Å². The van der Waals surface area contributed by atoms with Crippen molar-refractivity contribution in [1.29, 1.82) is 0 Å². The van der Waals surface area contributed by atoms with Gasteiger partial charge in [0.25, 0.3) is 23.6 Å². The Bertz CT molecular complexity index is 2590. The first-order valence-electron chi connectivity index (χ1n) is 26.2. The van der Waals surface area contributed by atoms with Crippen molar-refractivity contribution >= 4 is 80.4 Å². The Balaban J connectivity index is 0.885. The summed E-state index contributed by atoms with van der Waals surface area (Å²) in [5.41, 5.74) is 1.56. The smallest absolute Gasteiger partial charge is 0.339 e. The molecular weight excluding hydrogens is 987 g/mol. The molecule has 5 aliphatic rings. The van der Waals surface area contributed by atoms with Crippen LogP contribution in [0.3, 0.4) is 0 Å². The quantitative estimate of drug-likeness (QED) is 0.0199. The van der Waals surface area contributed by atoms with E-state index in [1.165, 1.54) is 54.0 Å². The van der Waals surface area contributed by atoms with E-state index in [9.17, 15) is 38.4 Å². The fraction of sp³-hybridized carbons (Fsp3) is 0.527. The molecule has 8 rings (SSSR count). The Hall–Kier alpha value is -6.64. The number of benzene rings is 2. The minimum atomic E-state index is -0.614. The number of para-hydroxylation sites is 1. The molecule has 2 saturated carbocycles. The number of esters is 4. The third-order valence-electron chi connectivity index (χ3n) is 14.4. The maximum absolute atomic E-state index is 14.1. The number of carbonyl (C=O) groups excluding carboxylic acids is 8. The van der Waals surface area contributed by atoms with Crippen LogP contribution in [0.2, 0.25) is 0 Å². The predicted molar refractivity (Wildman–Crippen MR) is 274 cm³/mol. The number of ether oxygens (including phenoxy) is 6. The van der Waals surface area contributed by atoms with Gasteiger partial charge in [0.2, 0.25) is 5.13 Å². The number of unbranched alkanes of at least 4 members (excludes halogenated alkanes) is 2. The highest BCUT2D eigenvalue weighted by Crippen LogP contribution is 2.33. The summed E-state index contributed by atoms with van der Waals surface area (Å²) in [6, 6.07) is 12.4. The average molecular weight is 1050 g/mol. The van der Waals surface area contributed by atoms with Crippen molar-refractivity contribution in [3.8, 4) is 0 Å². The zero-order valence-corrected chi connectivity index (χ0v) is 43.2. The van der Waals surface area contributed by atoms with Gasteiger partial charge in [0.15, 0.2) is 0 Å². The van der Waals surface area contributed by atoms with E-state index in [-0.39, 0.29) is 90.2 Å². The molecule has 1 aromatic heterocycles. The van der Waals surface area contributed by atoms with Crippen LogP contribution in [0.5, 0.6) is 0 Å². The summed E-state index contributed by atoms with van der Waals surface area (Å²) >= 11 is 1.48. The lowest BCUT2D eigenvalue weighted by Crippen LogP contribution is -2.45. The number of imide groups is 2. The molecule has 20 heteroatoms. The molecule has 4 heterocycles. The van der Waals surface area contributed by atoms with Gasteiger partial charge in [0, 0.05) is 61.5 Å². The van der Waals surface area contributed by atoms with Gasteiger partial charge >= 0.3 is 23.9 Å². The highest BCUT2D eigenvalue weighted by Gasteiger charge is 2.37. The Labute approximate surface area is 439 Å². The van der Waals surface area contributed by atoms with E-state index in [0.29, 0.717) is 127 Å². The third-order valence-corrected chi connectivity index (χ3v) is 15.4. The second-order valence-corrected chi connectivity index (χ2v) is 20.7. The fourth-order valence-corrected chi connectivity index (χ4v) is 10.5. The molecule has 0 radical (unpaired) electrons. The Morgan fingerprint density at radius 2 is 1.28 bits per heavy atom. The standard InChI is InChI=1S/C55H65N5O14S/c1-2-55(35-70-36-55)34-69-29-9-28-60(54-57-44-10-3-4-11-45(44)75-54)56-33-40-32-39(52(67)73-41-17-12-37(13-18-41)50(65)71-30-7-5-26-58-46(61)22-23-47(58)62)16-21-43(40)53(68)74-42-19-14-38(15-20-42)51(66)72-31-8-6-27-59-48(63)24-25-49(59)64/h3-4,10-11,16,21-25,32-33,37-38,41-42H,2,5-9,12-15,17-20,26-31,34-36H2,1H3/b56-33+. The van der Waals surface area contributed by atoms with E-state index in [0.717, 1.165) is 26.4 Å². The van der Waals surface area contributed by atoms with Crippen molar-refractivity contribution in [2.75, 3.05) is 64.3 Å². The molecule has 2 aliphatic carbocycles. The molecule has 0 N–H and O–H groups in total. The number of amides is 4. The van der Waals surface area contributed by atoms with E-state index >= 15 is 0 Å². The molecule has 4 amide bonds. The summed E-state index contributed by atoms with van der Waals surface area (Å²) in [5, 5.41) is 7.29. The molecule has 3 fully saturated rings. The number of rotatable bonds is 26. The van der Waals surface area contributed by atoms with E-state index in [1.54, 1.807) is 11.1 Å². The second-order valence-electron chi connectivity index (χ2n) is 19.7. The molecule has 0 spiro atoms. The summed E-state index contributed by atoms with van der Waals surface area (Å²) in [4.78, 5) is 108. The summed E-state index contributed by atoms with van der Waals surface area (Å²) in [5.74, 6) is -3.94. The molecule has 2 aromatic carbocycles. The van der Waals surface area contributed by atoms with Gasteiger partial charge in [-0.05, 0) is 120 Å². The van der Waals surface area contributed by atoms with Crippen molar-refractivity contribution in [2.45, 2.75) is 109 Å². The number of hydrazone groups is 1. The number of hydrogen-bond acceptors (Lipinski definition) is 18. The third kappa shape index (κ3) is 14.6. The molecular formula is C55H65N5O14S. The van der Waals surface area contributed by atoms with Gasteiger partial charge in [-0.2, -0.15) is 5.10 Å². The van der Waals surface area contributed by atoms with Gasteiger partial charge in [0.05, 0.1) is 72.4 Å². The molecule has 3 aliphatic heterocycles. The fourth-order valence-electron chi connectivity index (χ4n) is 9.57. The zero-order valence-electron chi connectivity index (χ0n) is 42.4. The van der Waals surface area contributed by atoms with Crippen molar-refractivity contribution in [3.63, 3.8) is 0 Å². The average Bonchev–Trinajstić information content (AvgIpc) is 4.09. The summed E-state index contributed by atoms with van der Waals surface area (Å²) in [7, 11) is 0. The van der Waals surface area contributed by atoms with Crippen molar-refractivity contribution in [3.05, 3.63) is 83.5 Å². The van der Waals surface area contributed by atoms with Crippen LogP contribution in [-0.2, 0) is 57.2 Å². The van der Waals surface area contributed by atoms with Gasteiger partial charge in [-0.1, -0.05) is 30.4 Å². The molecule has 0 unspecified atom stereocenters. The normalized spacial score (nSPS) is 21.2. The molecule has 19 nitrogen and oxygen atoms in total. The van der Waals surface area contributed by atoms with Crippen LogP contribution in [0, 0.1) is 17.3 Å². The molecule has 75 heavy (non-hydrogen) atoms. The number of nitrogens with zero attached hydrogens (tertiary/aromatic N) is 5. The Morgan fingerprint density at radius 1 is 0.720 bits per heavy atom. The predicted octanol–water partition coefficient (Wildman–Crippen LogP) is 6.90. The van der Waals surface area contributed by atoms with Crippen molar-refractivity contribution < 1.29 is 66.8 Å². The Morgan fingerprint density at radius 3 is 1.81 bits per heavy atom. The van der Waals surface area contributed by atoms with Crippen LogP contribution in [-0.4, -0.2) is 140 Å². The minimum Gasteiger partial charge on any atom is -0.465 e. The molecule has 0 atom stereocenters. The summed E-state index contributed by atoms with van der Waals surface area (Å²) in [6.45, 7) is 5.88. The maximum atomic E-state index is 14.1. The topological polar surface area (TPSA) is 227 Å². The van der Waals surface area contributed by atoms with Gasteiger partial charge in [0.1, 0.15) is 12.2 Å².